The molecule has 0 bridgehead atoms. The zero-order valence-corrected chi connectivity index (χ0v) is 15.0. The third kappa shape index (κ3) is 4.11. The van der Waals surface area contributed by atoms with Crippen molar-refractivity contribution in [3.63, 3.8) is 0 Å². The van der Waals surface area contributed by atoms with Crippen LogP contribution in [0.15, 0.2) is 4.99 Å². The van der Waals surface area contributed by atoms with Gasteiger partial charge in [-0.1, -0.05) is 6.92 Å². The molecule has 3 heterocycles. The lowest BCUT2D eigenvalue weighted by atomic mass is 10.2. The van der Waals surface area contributed by atoms with Crippen molar-refractivity contribution in [2.45, 2.75) is 19.8 Å². The van der Waals surface area contributed by atoms with E-state index in [0.29, 0.717) is 0 Å². The van der Waals surface area contributed by atoms with Crippen LogP contribution in [0.1, 0.15) is 19.2 Å². The van der Waals surface area contributed by atoms with Crippen molar-refractivity contribution < 1.29 is 0 Å². The highest BCUT2D eigenvalue weighted by atomic mass is 32.1. The van der Waals surface area contributed by atoms with E-state index in [1.165, 1.54) is 31.0 Å². The molecule has 7 nitrogen and oxygen atoms in total. The molecule has 0 amide bonds. The number of anilines is 1. The van der Waals surface area contributed by atoms with E-state index in [1.807, 2.05) is 7.05 Å². The molecule has 2 fully saturated rings. The number of nitrogens with one attached hydrogen (secondary N) is 1. The van der Waals surface area contributed by atoms with Gasteiger partial charge in [0.15, 0.2) is 5.96 Å². The number of aliphatic imine (C=N–C) groups is 1. The van der Waals surface area contributed by atoms with Crippen LogP contribution in [-0.4, -0.2) is 84.5 Å². The maximum Gasteiger partial charge on any atom is 0.205 e. The standard InChI is InChI=1S/C15H27N7S/c1-3-13-18-15(23-19-13)22-11-9-21(10-12-22)14(16-2)17-5-8-20-6-4-7-20/h3-12H2,1-2H3,(H,16,17). The SMILES string of the molecule is CCc1nsc(N2CCN(C(=NC)NCCN3CCC3)CC2)n1. The van der Waals surface area contributed by atoms with Crippen molar-refractivity contribution in [1.82, 2.24) is 24.5 Å². The third-order valence-electron chi connectivity index (χ3n) is 4.49. The number of hydrogen-bond acceptors (Lipinski definition) is 6. The van der Waals surface area contributed by atoms with Gasteiger partial charge in [-0.2, -0.15) is 4.37 Å². The molecule has 128 valence electrons. The zero-order chi connectivity index (χ0) is 16.1. The average molecular weight is 337 g/mol. The van der Waals surface area contributed by atoms with E-state index in [4.69, 9.17) is 0 Å². The van der Waals surface area contributed by atoms with Crippen LogP contribution in [0.5, 0.6) is 0 Å². The Kier molecular flexibility index (Phi) is 5.66. The molecular formula is C15H27N7S. The molecule has 0 radical (unpaired) electrons. The van der Waals surface area contributed by atoms with Crippen LogP contribution < -0.4 is 10.2 Å². The molecule has 0 aromatic carbocycles. The minimum atomic E-state index is 0.907. The van der Waals surface area contributed by atoms with Gasteiger partial charge in [-0.15, -0.1) is 0 Å². The highest BCUT2D eigenvalue weighted by molar-refractivity contribution is 7.09. The molecule has 1 aromatic heterocycles. The van der Waals surface area contributed by atoms with Gasteiger partial charge in [0, 0.05) is 64.3 Å². The second-order valence-electron chi connectivity index (χ2n) is 5.99. The Balaban J connectivity index is 1.44. The van der Waals surface area contributed by atoms with Gasteiger partial charge in [0.05, 0.1) is 0 Å². The van der Waals surface area contributed by atoms with Crippen LogP contribution in [0.2, 0.25) is 0 Å². The Morgan fingerprint density at radius 2 is 2.00 bits per heavy atom. The zero-order valence-electron chi connectivity index (χ0n) is 14.2. The maximum atomic E-state index is 4.59. The van der Waals surface area contributed by atoms with Crippen molar-refractivity contribution >= 4 is 22.6 Å². The van der Waals surface area contributed by atoms with Gasteiger partial charge in [-0.3, -0.25) is 4.99 Å². The van der Waals surface area contributed by atoms with Gasteiger partial charge < -0.3 is 20.0 Å². The smallest absolute Gasteiger partial charge is 0.205 e. The number of nitrogens with zero attached hydrogens (tertiary/aromatic N) is 6. The molecule has 0 unspecified atom stereocenters. The van der Waals surface area contributed by atoms with Crippen LogP contribution in [0, 0.1) is 0 Å². The largest absolute Gasteiger partial charge is 0.355 e. The fraction of sp³-hybridized carbons (Fsp3) is 0.800. The van der Waals surface area contributed by atoms with Crippen LogP contribution in [0.3, 0.4) is 0 Å². The van der Waals surface area contributed by atoms with Gasteiger partial charge >= 0.3 is 0 Å². The van der Waals surface area contributed by atoms with Gasteiger partial charge in [0.25, 0.3) is 0 Å². The summed E-state index contributed by atoms with van der Waals surface area (Å²) in [6, 6.07) is 0. The van der Waals surface area contributed by atoms with E-state index in [2.05, 4.69) is 41.3 Å². The first-order valence-electron chi connectivity index (χ1n) is 8.55. The Morgan fingerprint density at radius 3 is 2.57 bits per heavy atom. The summed E-state index contributed by atoms with van der Waals surface area (Å²) >= 11 is 1.52. The monoisotopic (exact) mass is 337 g/mol. The molecular weight excluding hydrogens is 310 g/mol. The van der Waals surface area contributed by atoms with Gasteiger partial charge in [0.1, 0.15) is 5.82 Å². The number of piperazine rings is 1. The fourth-order valence-electron chi connectivity index (χ4n) is 2.89. The van der Waals surface area contributed by atoms with Crippen LogP contribution in [0.25, 0.3) is 0 Å². The van der Waals surface area contributed by atoms with E-state index < -0.39 is 0 Å². The van der Waals surface area contributed by atoms with Gasteiger partial charge in [-0.05, 0) is 19.5 Å². The quantitative estimate of drug-likeness (QED) is 0.624. The molecule has 2 saturated heterocycles. The molecule has 0 atom stereocenters. The van der Waals surface area contributed by atoms with Crippen LogP contribution in [0.4, 0.5) is 5.13 Å². The first-order valence-corrected chi connectivity index (χ1v) is 9.33. The van der Waals surface area contributed by atoms with E-state index in [-0.39, 0.29) is 0 Å². The van der Waals surface area contributed by atoms with Crippen molar-refractivity contribution in [2.75, 3.05) is 64.3 Å². The minimum Gasteiger partial charge on any atom is -0.355 e. The minimum absolute atomic E-state index is 0.907. The topological polar surface area (TPSA) is 59.9 Å². The molecule has 1 N–H and O–H groups in total. The lowest BCUT2D eigenvalue weighted by Crippen LogP contribution is -2.53. The van der Waals surface area contributed by atoms with E-state index in [9.17, 15) is 0 Å². The Morgan fingerprint density at radius 1 is 1.22 bits per heavy atom. The lowest BCUT2D eigenvalue weighted by Gasteiger charge is -2.36. The second kappa shape index (κ2) is 7.92. The van der Waals surface area contributed by atoms with E-state index in [1.54, 1.807) is 0 Å². The molecule has 2 aliphatic rings. The second-order valence-corrected chi connectivity index (χ2v) is 6.72. The molecule has 23 heavy (non-hydrogen) atoms. The normalized spacial score (nSPS) is 19.8. The molecule has 1 aromatic rings. The van der Waals surface area contributed by atoms with Crippen molar-refractivity contribution in [3.8, 4) is 0 Å². The predicted molar refractivity (Wildman–Crippen MR) is 95.5 cm³/mol. The average Bonchev–Trinajstić information content (AvgIpc) is 3.03. The lowest BCUT2D eigenvalue weighted by molar-refractivity contribution is 0.184. The number of rotatable bonds is 5. The Bertz CT molecular complexity index is 518. The number of likely N-dealkylation sites (tertiary alicyclic amines) is 1. The predicted octanol–water partition coefficient (Wildman–Crippen LogP) is 0.504. The van der Waals surface area contributed by atoms with Gasteiger partial charge in [-0.25, -0.2) is 4.98 Å². The molecule has 3 rings (SSSR count). The number of aromatic nitrogens is 2. The third-order valence-corrected chi connectivity index (χ3v) is 5.31. The first-order chi connectivity index (χ1) is 11.3. The highest BCUT2D eigenvalue weighted by Crippen LogP contribution is 2.19. The summed E-state index contributed by atoms with van der Waals surface area (Å²) in [5, 5.41) is 4.55. The van der Waals surface area contributed by atoms with Gasteiger partial charge in [0.2, 0.25) is 5.13 Å². The summed E-state index contributed by atoms with van der Waals surface area (Å²) in [7, 11) is 1.87. The van der Waals surface area contributed by atoms with Crippen LogP contribution in [-0.2, 0) is 6.42 Å². The summed E-state index contributed by atoms with van der Waals surface area (Å²) in [6.07, 6.45) is 2.26. The molecule has 8 heteroatoms. The maximum absolute atomic E-state index is 4.59. The summed E-state index contributed by atoms with van der Waals surface area (Å²) in [5.74, 6) is 1.98. The molecule has 0 saturated carbocycles. The summed E-state index contributed by atoms with van der Waals surface area (Å²) in [5.41, 5.74) is 0. The number of hydrogen-bond donors (Lipinski definition) is 1. The number of guanidine groups is 1. The molecule has 0 aliphatic carbocycles. The summed E-state index contributed by atoms with van der Waals surface area (Å²) in [6.45, 7) is 10.6. The summed E-state index contributed by atoms with van der Waals surface area (Å²) < 4.78 is 4.39. The van der Waals surface area contributed by atoms with Crippen molar-refractivity contribution in [2.24, 2.45) is 4.99 Å². The fourth-order valence-corrected chi connectivity index (χ4v) is 3.69. The Labute approximate surface area is 142 Å². The highest BCUT2D eigenvalue weighted by Gasteiger charge is 2.22. The van der Waals surface area contributed by atoms with E-state index >= 15 is 0 Å². The number of aryl methyl sites for hydroxylation is 1. The summed E-state index contributed by atoms with van der Waals surface area (Å²) in [4.78, 5) is 16.2. The van der Waals surface area contributed by atoms with Crippen LogP contribution >= 0.6 is 11.5 Å². The van der Waals surface area contributed by atoms with Crippen molar-refractivity contribution in [1.29, 1.82) is 0 Å². The first kappa shape index (κ1) is 16.4. The molecule has 2 aliphatic heterocycles. The van der Waals surface area contributed by atoms with Crippen molar-refractivity contribution in [3.05, 3.63) is 5.82 Å². The Hall–Kier alpha value is -1.41. The van der Waals surface area contributed by atoms with E-state index in [0.717, 1.165) is 62.6 Å². The molecule has 0 spiro atoms.